The molecule has 3 N–H and O–H groups in total. The minimum atomic E-state index is -1.52. The van der Waals surface area contributed by atoms with Crippen molar-refractivity contribution in [2.45, 2.75) is 38.6 Å². The minimum Gasteiger partial charge on any atom is -0.444 e. The van der Waals surface area contributed by atoms with Crippen molar-refractivity contribution in [3.05, 3.63) is 29.8 Å². The lowest BCUT2D eigenvalue weighted by Gasteiger charge is -2.20. The number of rotatable bonds is 3. The highest BCUT2D eigenvalue weighted by atomic mass is 16.6. The molecule has 0 aliphatic rings. The summed E-state index contributed by atoms with van der Waals surface area (Å²) in [6.45, 7) is 5.24. The number of hydrogen-bond acceptors (Lipinski definition) is 5. The maximum atomic E-state index is 11.6. The van der Waals surface area contributed by atoms with Crippen LogP contribution in [0.1, 0.15) is 32.4 Å². The van der Waals surface area contributed by atoms with E-state index < -0.39 is 23.9 Å². The highest BCUT2D eigenvalue weighted by molar-refractivity contribution is 5.84. The molecule has 1 aromatic carbocycles. The summed E-state index contributed by atoms with van der Waals surface area (Å²) in [5, 5.41) is 30.1. The predicted molar refractivity (Wildman–Crippen MR) is 72.9 cm³/mol. The van der Waals surface area contributed by atoms with E-state index in [1.807, 2.05) is 0 Å². The summed E-state index contributed by atoms with van der Waals surface area (Å²) >= 11 is 0. The number of anilines is 1. The third kappa shape index (κ3) is 4.88. The van der Waals surface area contributed by atoms with E-state index in [9.17, 15) is 15.0 Å². The highest BCUT2D eigenvalue weighted by Crippen LogP contribution is 2.21. The van der Waals surface area contributed by atoms with Gasteiger partial charge in [-0.15, -0.1) is 0 Å². The van der Waals surface area contributed by atoms with Gasteiger partial charge in [0.15, 0.2) is 6.10 Å². The first-order chi connectivity index (χ1) is 9.23. The molecule has 0 spiro atoms. The first-order valence-electron chi connectivity index (χ1n) is 6.08. The maximum Gasteiger partial charge on any atom is 0.412 e. The molecule has 0 saturated heterocycles. The molecule has 2 atom stereocenters. The summed E-state index contributed by atoms with van der Waals surface area (Å²) in [6, 6.07) is 7.77. The summed E-state index contributed by atoms with van der Waals surface area (Å²) in [6.07, 6.45) is -3.47. The molecular formula is C14H18N2O4. The lowest BCUT2D eigenvalue weighted by molar-refractivity contribution is 0.0528. The van der Waals surface area contributed by atoms with E-state index in [0.717, 1.165) is 0 Å². The zero-order chi connectivity index (χ0) is 15.3. The number of hydrogen-bond donors (Lipinski definition) is 3. The molecule has 1 rings (SSSR count). The van der Waals surface area contributed by atoms with Crippen LogP contribution in [0.4, 0.5) is 10.5 Å². The first kappa shape index (κ1) is 16.0. The number of nitrogens with zero attached hydrogens (tertiary/aromatic N) is 1. The van der Waals surface area contributed by atoms with Crippen LogP contribution in [-0.2, 0) is 4.74 Å². The Hall–Kier alpha value is -2.10. The standard InChI is InChI=1S/C14H18N2O4/c1-14(2,3)20-13(19)16-10-6-4-5-9(7-10)12(18)11(17)8-15/h4-7,11-12,17-18H,1-3H3,(H,16,19). The van der Waals surface area contributed by atoms with Crippen molar-refractivity contribution in [2.24, 2.45) is 0 Å². The Balaban J connectivity index is 2.79. The number of ether oxygens (including phenoxy) is 1. The van der Waals surface area contributed by atoms with Gasteiger partial charge in [0.2, 0.25) is 0 Å². The summed E-state index contributed by atoms with van der Waals surface area (Å²) in [5.41, 5.74) is 0.117. The number of benzene rings is 1. The molecule has 108 valence electrons. The summed E-state index contributed by atoms with van der Waals surface area (Å²) < 4.78 is 5.10. The van der Waals surface area contributed by atoms with Crippen molar-refractivity contribution < 1.29 is 19.7 Å². The number of aliphatic hydroxyl groups excluding tert-OH is 2. The van der Waals surface area contributed by atoms with Crippen molar-refractivity contribution in [1.29, 1.82) is 5.26 Å². The molecule has 0 aliphatic heterocycles. The Morgan fingerprint density at radius 1 is 1.40 bits per heavy atom. The Morgan fingerprint density at radius 2 is 2.05 bits per heavy atom. The van der Waals surface area contributed by atoms with E-state index in [4.69, 9.17) is 10.00 Å². The molecule has 6 heteroatoms. The van der Waals surface area contributed by atoms with Gasteiger partial charge in [0.05, 0.1) is 6.07 Å². The van der Waals surface area contributed by atoms with Crippen molar-refractivity contribution in [1.82, 2.24) is 0 Å². The highest BCUT2D eigenvalue weighted by Gasteiger charge is 2.19. The normalized spacial score (nSPS) is 14.0. The second kappa shape index (κ2) is 6.37. The largest absolute Gasteiger partial charge is 0.444 e. The van der Waals surface area contributed by atoms with Gasteiger partial charge in [-0.25, -0.2) is 4.79 Å². The summed E-state index contributed by atoms with van der Waals surface area (Å²) in [7, 11) is 0. The molecule has 0 aromatic heterocycles. The van der Waals surface area contributed by atoms with Crippen LogP contribution in [0.15, 0.2) is 24.3 Å². The monoisotopic (exact) mass is 278 g/mol. The lowest BCUT2D eigenvalue weighted by atomic mass is 10.0. The SMILES string of the molecule is CC(C)(C)OC(=O)Nc1cccc(C(O)C(O)C#N)c1. The fourth-order valence-electron chi connectivity index (χ4n) is 1.47. The molecule has 0 fully saturated rings. The van der Waals surface area contributed by atoms with Gasteiger partial charge in [0.25, 0.3) is 0 Å². The summed E-state index contributed by atoms with van der Waals surface area (Å²) in [4.78, 5) is 11.6. The molecule has 0 bridgehead atoms. The van der Waals surface area contributed by atoms with Crippen LogP contribution in [0.5, 0.6) is 0 Å². The maximum absolute atomic E-state index is 11.6. The molecule has 20 heavy (non-hydrogen) atoms. The molecule has 0 saturated carbocycles. The van der Waals surface area contributed by atoms with Gasteiger partial charge in [-0.2, -0.15) is 5.26 Å². The van der Waals surface area contributed by atoms with Crippen molar-refractivity contribution in [3.8, 4) is 6.07 Å². The van der Waals surface area contributed by atoms with Crippen molar-refractivity contribution >= 4 is 11.8 Å². The van der Waals surface area contributed by atoms with E-state index in [1.165, 1.54) is 6.07 Å². The fourth-order valence-corrected chi connectivity index (χ4v) is 1.47. The van der Waals surface area contributed by atoms with Crippen LogP contribution in [0.2, 0.25) is 0 Å². The number of amides is 1. The average Bonchev–Trinajstić information content (AvgIpc) is 2.34. The van der Waals surface area contributed by atoms with Gasteiger partial charge < -0.3 is 14.9 Å². The van der Waals surface area contributed by atoms with Crippen LogP contribution < -0.4 is 5.32 Å². The van der Waals surface area contributed by atoms with E-state index in [2.05, 4.69) is 5.32 Å². The van der Waals surface area contributed by atoms with E-state index in [0.29, 0.717) is 11.3 Å². The Labute approximate surface area is 117 Å². The van der Waals surface area contributed by atoms with Gasteiger partial charge in [0.1, 0.15) is 11.7 Å². The number of nitriles is 1. The van der Waals surface area contributed by atoms with Gasteiger partial charge in [0, 0.05) is 5.69 Å². The quantitative estimate of drug-likeness (QED) is 0.733. The van der Waals surface area contributed by atoms with Crippen LogP contribution in [0, 0.1) is 11.3 Å². The minimum absolute atomic E-state index is 0.326. The molecule has 1 aromatic rings. The summed E-state index contributed by atoms with van der Waals surface area (Å²) in [5.74, 6) is 0. The lowest BCUT2D eigenvalue weighted by Crippen LogP contribution is -2.27. The molecule has 0 aliphatic carbocycles. The average molecular weight is 278 g/mol. The molecular weight excluding hydrogens is 260 g/mol. The third-order valence-electron chi connectivity index (χ3n) is 2.30. The van der Waals surface area contributed by atoms with Crippen LogP contribution in [0.25, 0.3) is 0 Å². The fraction of sp³-hybridized carbons (Fsp3) is 0.429. The second-order valence-corrected chi connectivity index (χ2v) is 5.27. The molecule has 1 amide bonds. The Morgan fingerprint density at radius 3 is 2.60 bits per heavy atom. The van der Waals surface area contributed by atoms with Crippen LogP contribution >= 0.6 is 0 Å². The number of carbonyl (C=O) groups excluding carboxylic acids is 1. The van der Waals surface area contributed by atoms with Gasteiger partial charge >= 0.3 is 6.09 Å². The van der Waals surface area contributed by atoms with Gasteiger partial charge in [-0.05, 0) is 38.5 Å². The van der Waals surface area contributed by atoms with Crippen LogP contribution in [-0.4, -0.2) is 28.0 Å². The zero-order valence-corrected chi connectivity index (χ0v) is 11.6. The van der Waals surface area contributed by atoms with Gasteiger partial charge in [-0.1, -0.05) is 12.1 Å². The number of carbonyl (C=O) groups is 1. The number of aliphatic hydroxyl groups is 2. The zero-order valence-electron chi connectivity index (χ0n) is 11.6. The molecule has 2 unspecified atom stereocenters. The van der Waals surface area contributed by atoms with E-state index in [-0.39, 0.29) is 0 Å². The van der Waals surface area contributed by atoms with Crippen LogP contribution in [0.3, 0.4) is 0 Å². The first-order valence-corrected chi connectivity index (χ1v) is 6.08. The number of nitrogens with one attached hydrogen (secondary N) is 1. The van der Waals surface area contributed by atoms with Crippen molar-refractivity contribution in [3.63, 3.8) is 0 Å². The second-order valence-electron chi connectivity index (χ2n) is 5.27. The Kier molecular flexibility index (Phi) is 5.08. The van der Waals surface area contributed by atoms with Crippen molar-refractivity contribution in [2.75, 3.05) is 5.32 Å². The predicted octanol–water partition coefficient (Wildman–Crippen LogP) is 1.95. The van der Waals surface area contributed by atoms with E-state index in [1.54, 1.807) is 45.0 Å². The smallest absolute Gasteiger partial charge is 0.412 e. The Bertz CT molecular complexity index is 517. The van der Waals surface area contributed by atoms with E-state index >= 15 is 0 Å². The molecule has 6 nitrogen and oxygen atoms in total. The topological polar surface area (TPSA) is 103 Å². The van der Waals surface area contributed by atoms with Gasteiger partial charge in [-0.3, -0.25) is 5.32 Å². The third-order valence-corrected chi connectivity index (χ3v) is 2.30. The molecule has 0 radical (unpaired) electrons. The molecule has 0 heterocycles.